The van der Waals surface area contributed by atoms with Crippen molar-refractivity contribution in [1.29, 1.82) is 0 Å². The largest absolute Gasteiger partial charge is 0.224 e. The Labute approximate surface area is 110 Å². The lowest BCUT2D eigenvalue weighted by Gasteiger charge is -1.99. The molecular weight excluding hydrogens is 298 g/mol. The fourth-order valence-electron chi connectivity index (χ4n) is 1.04. The van der Waals surface area contributed by atoms with Crippen LogP contribution >= 0.6 is 57.7 Å². The van der Waals surface area contributed by atoms with Gasteiger partial charge in [-0.2, -0.15) is 0 Å². The fourth-order valence-corrected chi connectivity index (χ4v) is 2.93. The van der Waals surface area contributed by atoms with Gasteiger partial charge in [-0.3, -0.25) is 0 Å². The lowest BCUT2D eigenvalue weighted by molar-refractivity contribution is 1.17. The van der Waals surface area contributed by atoms with E-state index in [2.05, 4.69) is 9.97 Å². The lowest BCUT2D eigenvalue weighted by Crippen LogP contribution is -1.87. The van der Waals surface area contributed by atoms with Crippen molar-refractivity contribution in [2.24, 2.45) is 0 Å². The second-order valence-corrected chi connectivity index (χ2v) is 5.59. The second kappa shape index (κ2) is 4.44. The Bertz CT molecular complexity index is 491. The summed E-state index contributed by atoms with van der Waals surface area (Å²) in [6, 6.07) is 3.29. The molecule has 0 bridgehead atoms. The van der Waals surface area contributed by atoms with Crippen molar-refractivity contribution >= 4 is 57.7 Å². The number of thiophene rings is 1. The van der Waals surface area contributed by atoms with Gasteiger partial charge in [-0.1, -0.05) is 34.8 Å². The molecule has 0 atom stereocenters. The van der Waals surface area contributed by atoms with Gasteiger partial charge in [0.05, 0.1) is 10.0 Å². The molecule has 0 amide bonds. The van der Waals surface area contributed by atoms with Crippen LogP contribution in [-0.4, -0.2) is 9.97 Å². The lowest BCUT2D eigenvalue weighted by atomic mass is 10.2. The van der Waals surface area contributed by atoms with Crippen molar-refractivity contribution < 1.29 is 0 Å². The number of hydrogen-bond acceptors (Lipinski definition) is 3. The fraction of sp³-hybridized carbons (Fsp3) is 0. The molecule has 7 heteroatoms. The van der Waals surface area contributed by atoms with Crippen molar-refractivity contribution in [2.45, 2.75) is 0 Å². The highest BCUT2D eigenvalue weighted by Crippen LogP contribution is 2.37. The summed E-state index contributed by atoms with van der Waals surface area (Å²) in [5, 5.41) is 0.347. The molecule has 0 saturated heterocycles. The Hall–Kier alpha value is -0.0600. The summed E-state index contributed by atoms with van der Waals surface area (Å²) >= 11 is 24.5. The molecule has 0 radical (unpaired) electrons. The van der Waals surface area contributed by atoms with Gasteiger partial charge in [0.15, 0.2) is 0 Å². The monoisotopic (exact) mass is 298 g/mol. The summed E-state index contributed by atoms with van der Waals surface area (Å²) in [6.07, 6.45) is 0. The van der Waals surface area contributed by atoms with E-state index in [0.717, 1.165) is 0 Å². The molecule has 0 spiro atoms. The highest BCUT2D eigenvalue weighted by atomic mass is 35.5. The van der Waals surface area contributed by atoms with E-state index in [1.165, 1.54) is 11.3 Å². The van der Waals surface area contributed by atoms with Crippen molar-refractivity contribution in [3.8, 4) is 11.3 Å². The summed E-state index contributed by atoms with van der Waals surface area (Å²) in [5.41, 5.74) is 1.27. The summed E-state index contributed by atoms with van der Waals surface area (Å²) in [7, 11) is 0. The molecule has 78 valence electrons. The van der Waals surface area contributed by atoms with Crippen LogP contribution in [0.4, 0.5) is 0 Å². The Morgan fingerprint density at radius 1 is 1.00 bits per heavy atom. The van der Waals surface area contributed by atoms with E-state index < -0.39 is 0 Å². The van der Waals surface area contributed by atoms with Gasteiger partial charge >= 0.3 is 0 Å². The smallest absolute Gasteiger partial charge is 0.218 e. The van der Waals surface area contributed by atoms with Gasteiger partial charge in [-0.25, -0.2) is 9.97 Å². The van der Waals surface area contributed by atoms with E-state index in [0.29, 0.717) is 19.9 Å². The van der Waals surface area contributed by atoms with Crippen molar-refractivity contribution in [3.05, 3.63) is 31.2 Å². The van der Waals surface area contributed by atoms with Crippen molar-refractivity contribution in [2.75, 3.05) is 0 Å². The Morgan fingerprint density at radius 2 is 1.73 bits per heavy atom. The van der Waals surface area contributed by atoms with Crippen LogP contribution in [0.15, 0.2) is 12.1 Å². The summed E-state index contributed by atoms with van der Waals surface area (Å²) in [4.78, 5) is 7.76. The third kappa shape index (κ3) is 2.55. The van der Waals surface area contributed by atoms with Crippen LogP contribution in [0.3, 0.4) is 0 Å². The van der Waals surface area contributed by atoms with E-state index in [4.69, 9.17) is 46.4 Å². The molecule has 0 aliphatic rings. The van der Waals surface area contributed by atoms with E-state index >= 15 is 0 Å². The molecule has 0 N–H and O–H groups in total. The van der Waals surface area contributed by atoms with Gasteiger partial charge in [-0.15, -0.1) is 11.3 Å². The van der Waals surface area contributed by atoms with Crippen LogP contribution in [-0.2, 0) is 0 Å². The first-order valence-electron chi connectivity index (χ1n) is 3.71. The topological polar surface area (TPSA) is 25.8 Å². The minimum absolute atomic E-state index is 0.0795. The average Bonchev–Trinajstić information content (AvgIpc) is 2.43. The number of nitrogens with zero attached hydrogens (tertiary/aromatic N) is 2. The second-order valence-electron chi connectivity index (χ2n) is 2.58. The minimum Gasteiger partial charge on any atom is -0.218 e. The number of hydrogen-bond donors (Lipinski definition) is 0. The maximum atomic E-state index is 5.97. The molecule has 2 rings (SSSR count). The maximum absolute atomic E-state index is 5.97. The first-order valence-corrected chi connectivity index (χ1v) is 6.04. The molecule has 0 unspecified atom stereocenters. The molecule has 2 nitrogen and oxygen atoms in total. The maximum Gasteiger partial charge on any atom is 0.224 e. The molecule has 0 aliphatic carbocycles. The van der Waals surface area contributed by atoms with E-state index in [1.807, 2.05) is 0 Å². The van der Waals surface area contributed by atoms with Crippen LogP contribution < -0.4 is 0 Å². The molecule has 2 heterocycles. The normalized spacial score (nSPS) is 10.7. The standard InChI is InChI=1S/C8H2Cl4N2S/c9-5-2-4(13-8(12)14-5)3-1-6(10)15-7(3)11/h1-2H. The first kappa shape index (κ1) is 11.4. The van der Waals surface area contributed by atoms with Crippen molar-refractivity contribution in [1.82, 2.24) is 9.97 Å². The molecule has 2 aromatic rings. The zero-order valence-corrected chi connectivity index (χ0v) is 10.8. The van der Waals surface area contributed by atoms with E-state index in [-0.39, 0.29) is 10.4 Å². The first-order chi connectivity index (χ1) is 7.06. The molecule has 0 aliphatic heterocycles. The third-order valence-corrected chi connectivity index (χ3v) is 3.45. The van der Waals surface area contributed by atoms with Gasteiger partial charge in [0.1, 0.15) is 9.49 Å². The van der Waals surface area contributed by atoms with Gasteiger partial charge in [0.25, 0.3) is 0 Å². The zero-order valence-electron chi connectivity index (χ0n) is 6.97. The zero-order chi connectivity index (χ0) is 11.0. The Balaban J connectivity index is 2.58. The summed E-state index contributed by atoms with van der Waals surface area (Å²) in [6.45, 7) is 0. The van der Waals surface area contributed by atoms with E-state index in [1.54, 1.807) is 12.1 Å². The van der Waals surface area contributed by atoms with Crippen LogP contribution in [0.1, 0.15) is 0 Å². The average molecular weight is 300 g/mol. The third-order valence-electron chi connectivity index (χ3n) is 1.60. The highest BCUT2D eigenvalue weighted by Gasteiger charge is 2.11. The Kier molecular flexibility index (Phi) is 3.38. The number of aromatic nitrogens is 2. The molecule has 0 aromatic carbocycles. The van der Waals surface area contributed by atoms with Crippen LogP contribution in [0, 0.1) is 0 Å². The molecular formula is C8H2Cl4N2S. The van der Waals surface area contributed by atoms with Crippen molar-refractivity contribution in [3.63, 3.8) is 0 Å². The molecule has 0 fully saturated rings. The minimum atomic E-state index is 0.0795. The molecule has 2 aromatic heterocycles. The predicted octanol–water partition coefficient (Wildman–Crippen LogP) is 4.82. The van der Waals surface area contributed by atoms with E-state index in [9.17, 15) is 0 Å². The van der Waals surface area contributed by atoms with Crippen LogP contribution in [0.2, 0.25) is 19.1 Å². The van der Waals surface area contributed by atoms with Gasteiger partial charge < -0.3 is 0 Å². The van der Waals surface area contributed by atoms with Crippen LogP contribution in [0.5, 0.6) is 0 Å². The highest BCUT2D eigenvalue weighted by molar-refractivity contribution is 7.20. The van der Waals surface area contributed by atoms with Gasteiger partial charge in [-0.05, 0) is 17.7 Å². The quantitative estimate of drug-likeness (QED) is 0.557. The summed E-state index contributed by atoms with van der Waals surface area (Å²) in [5.74, 6) is 0. The predicted molar refractivity (Wildman–Crippen MR) is 65.4 cm³/mol. The Morgan fingerprint density at radius 3 is 2.27 bits per heavy atom. The van der Waals surface area contributed by atoms with Gasteiger partial charge in [0, 0.05) is 11.6 Å². The SMILES string of the molecule is Clc1cc(-c2cc(Cl)sc2Cl)nc(Cl)n1. The van der Waals surface area contributed by atoms with Gasteiger partial charge in [0.2, 0.25) is 5.28 Å². The number of halogens is 4. The van der Waals surface area contributed by atoms with Crippen LogP contribution in [0.25, 0.3) is 11.3 Å². The summed E-state index contributed by atoms with van der Waals surface area (Å²) < 4.78 is 1.13. The molecule has 15 heavy (non-hydrogen) atoms. The molecule has 0 saturated carbocycles. The number of rotatable bonds is 1.